The lowest BCUT2D eigenvalue weighted by molar-refractivity contribution is -0.130. The van der Waals surface area contributed by atoms with Gasteiger partial charge in [0.1, 0.15) is 5.78 Å². The molecule has 0 saturated carbocycles. The first-order chi connectivity index (χ1) is 17.1. The molecule has 0 spiro atoms. The van der Waals surface area contributed by atoms with Gasteiger partial charge in [-0.05, 0) is 44.9 Å². The fourth-order valence-electron chi connectivity index (χ4n) is 4.88. The molecule has 0 aliphatic rings. The molecule has 0 radical (unpaired) electrons. The Bertz CT molecular complexity index is 495. The molecule has 36 heavy (non-hydrogen) atoms. The molecule has 0 N–H and O–H groups in total. The Hall–Kier alpha value is -0.0394. The van der Waals surface area contributed by atoms with E-state index in [1.54, 1.807) is 64.0 Å². The van der Waals surface area contributed by atoms with Crippen molar-refractivity contribution in [1.29, 1.82) is 0 Å². The minimum absolute atomic E-state index is 0.281. The van der Waals surface area contributed by atoms with Crippen LogP contribution in [0.4, 0.5) is 0 Å². The van der Waals surface area contributed by atoms with Crippen LogP contribution in [0.5, 0.6) is 0 Å². The summed E-state index contributed by atoms with van der Waals surface area (Å²) >= 11 is 0. The maximum absolute atomic E-state index is 13.7. The second-order valence-electron chi connectivity index (χ2n) is 8.90. The molecule has 0 fully saturated rings. The van der Waals surface area contributed by atoms with E-state index in [1.165, 1.54) is 0 Å². The van der Waals surface area contributed by atoms with E-state index < -0.39 is 31.8 Å². The van der Waals surface area contributed by atoms with Crippen molar-refractivity contribution >= 4 is 32.2 Å². The monoisotopic (exact) mass is 572 g/mol. The quantitative estimate of drug-likeness (QED) is 0.155. The third-order valence-corrected chi connectivity index (χ3v) is 15.8. The molecular weight excluding hydrogens is 521 g/mol. The predicted molar refractivity (Wildman–Crippen MR) is 145 cm³/mol. The fraction of sp³-hybridized carbons (Fsp3) is 0.957. The lowest BCUT2D eigenvalue weighted by atomic mass is 9.71. The highest BCUT2D eigenvalue weighted by atomic mass is 28.4. The van der Waals surface area contributed by atoms with Gasteiger partial charge < -0.3 is 39.8 Å². The van der Waals surface area contributed by atoms with Gasteiger partial charge in [0, 0.05) is 94.0 Å². The number of carbonyl (C=O) groups is 1. The van der Waals surface area contributed by atoms with Gasteiger partial charge in [-0.1, -0.05) is 6.92 Å². The van der Waals surface area contributed by atoms with Gasteiger partial charge >= 0.3 is 26.4 Å². The predicted octanol–water partition coefficient (Wildman–Crippen LogP) is 4.32. The molecule has 0 rings (SSSR count). The maximum Gasteiger partial charge on any atom is 0.500 e. The van der Waals surface area contributed by atoms with Crippen LogP contribution in [-0.2, 0) is 44.6 Å². The summed E-state index contributed by atoms with van der Waals surface area (Å²) in [6.45, 7) is 2.04. The Morgan fingerprint density at radius 2 is 0.778 bits per heavy atom. The topological polar surface area (TPSA) is 100 Å². The van der Waals surface area contributed by atoms with E-state index in [-0.39, 0.29) is 5.78 Å². The highest BCUT2D eigenvalue weighted by molar-refractivity contribution is 6.61. The summed E-state index contributed by atoms with van der Waals surface area (Å²) in [7, 11) is 6.30. The average molecular weight is 573 g/mol. The second-order valence-corrected chi connectivity index (χ2v) is 18.2. The number of hydrogen-bond acceptors (Lipinski definition) is 10. The molecule has 0 aliphatic carbocycles. The number of ketones is 1. The van der Waals surface area contributed by atoms with Crippen molar-refractivity contribution in [3.05, 3.63) is 0 Å². The van der Waals surface area contributed by atoms with E-state index in [2.05, 4.69) is 0 Å². The smallest absolute Gasteiger partial charge is 0.377 e. The van der Waals surface area contributed by atoms with Gasteiger partial charge in [0.15, 0.2) is 0 Å². The van der Waals surface area contributed by atoms with Crippen molar-refractivity contribution in [2.75, 3.05) is 64.0 Å². The number of hydrogen-bond donors (Lipinski definition) is 0. The summed E-state index contributed by atoms with van der Waals surface area (Å²) in [4.78, 5) is 13.7. The number of Topliss-reactive ketones (excluding diaryl/α,β-unsaturated/α-hetero) is 1. The Labute approximate surface area is 222 Å². The summed E-state index contributed by atoms with van der Waals surface area (Å²) in [5.41, 5.74) is -0.518. The molecule has 0 aromatic heterocycles. The summed E-state index contributed by atoms with van der Waals surface area (Å²) in [5, 5.41) is 0. The Balaban J connectivity index is 5.90. The molecule has 13 heteroatoms. The largest absolute Gasteiger partial charge is 0.500 e. The van der Waals surface area contributed by atoms with Gasteiger partial charge in [-0.15, -0.1) is 0 Å². The Morgan fingerprint density at radius 1 is 0.528 bits per heavy atom. The zero-order valence-electron chi connectivity index (χ0n) is 24.4. The number of rotatable bonds is 24. The van der Waals surface area contributed by atoms with Crippen LogP contribution in [0.1, 0.15) is 58.3 Å². The van der Waals surface area contributed by atoms with Gasteiger partial charge in [0.25, 0.3) is 0 Å². The average Bonchev–Trinajstić information content (AvgIpc) is 2.92. The standard InChI is InChI=1S/C23H52O10Si3/c1-11-15-22(24)23(16-12-19-34(25-2,26-3)27-4,17-13-20-35(28-5,29-6)30-7)18-14-21-36(31-8,32-9)33-10/h11-21H2,1-10H3. The maximum atomic E-state index is 13.7. The first-order valence-corrected chi connectivity index (χ1v) is 18.4. The van der Waals surface area contributed by atoms with Gasteiger partial charge in [-0.25, -0.2) is 0 Å². The van der Waals surface area contributed by atoms with Crippen molar-refractivity contribution in [1.82, 2.24) is 0 Å². The van der Waals surface area contributed by atoms with E-state index in [4.69, 9.17) is 39.8 Å². The van der Waals surface area contributed by atoms with Crippen molar-refractivity contribution in [2.45, 2.75) is 76.4 Å². The van der Waals surface area contributed by atoms with Gasteiger partial charge in [-0.3, -0.25) is 4.79 Å². The lowest BCUT2D eigenvalue weighted by Gasteiger charge is -2.36. The van der Waals surface area contributed by atoms with Crippen LogP contribution in [0, 0.1) is 5.41 Å². The first kappa shape index (κ1) is 36.0. The van der Waals surface area contributed by atoms with E-state index in [1.807, 2.05) is 6.92 Å². The molecule has 0 bridgehead atoms. The molecule has 0 amide bonds. The molecule has 0 aromatic carbocycles. The van der Waals surface area contributed by atoms with Gasteiger partial charge in [-0.2, -0.15) is 0 Å². The number of carbonyl (C=O) groups excluding carboxylic acids is 1. The fourth-order valence-corrected chi connectivity index (χ4v) is 10.1. The van der Waals surface area contributed by atoms with Crippen LogP contribution in [0.25, 0.3) is 0 Å². The van der Waals surface area contributed by atoms with E-state index in [0.29, 0.717) is 43.8 Å². The van der Waals surface area contributed by atoms with E-state index in [9.17, 15) is 4.79 Å². The molecule has 0 saturated heterocycles. The molecule has 0 atom stereocenters. The molecule has 0 aliphatic heterocycles. The molecule has 0 unspecified atom stereocenters. The van der Waals surface area contributed by atoms with Crippen LogP contribution in [0.15, 0.2) is 0 Å². The Kier molecular flexibility index (Phi) is 18.3. The highest BCUT2D eigenvalue weighted by Gasteiger charge is 2.44. The third-order valence-electron chi connectivity index (χ3n) is 7.28. The van der Waals surface area contributed by atoms with Crippen LogP contribution in [0.3, 0.4) is 0 Å². The summed E-state index contributed by atoms with van der Waals surface area (Å²) in [6, 6.07) is 1.91. The van der Waals surface area contributed by atoms with Crippen molar-refractivity contribution < 1.29 is 44.6 Å². The SMILES string of the molecule is CCCC(=O)C(CCC[Si](OC)(OC)OC)(CCC[Si](OC)(OC)OC)CCC[Si](OC)(OC)OC. The minimum Gasteiger partial charge on any atom is -0.377 e. The molecule has 0 heterocycles. The Morgan fingerprint density at radius 3 is 0.972 bits per heavy atom. The van der Waals surface area contributed by atoms with Gasteiger partial charge in [0.05, 0.1) is 0 Å². The minimum atomic E-state index is -2.75. The van der Waals surface area contributed by atoms with Crippen LogP contribution in [-0.4, -0.2) is 96.2 Å². The first-order valence-electron chi connectivity index (χ1n) is 12.6. The normalized spacial score (nSPS) is 13.4. The zero-order chi connectivity index (χ0) is 27.7. The third kappa shape index (κ3) is 10.3. The molecule has 0 aromatic rings. The van der Waals surface area contributed by atoms with Crippen LogP contribution in [0.2, 0.25) is 18.1 Å². The summed E-state index contributed by atoms with van der Waals surface area (Å²) < 4.78 is 50.6. The lowest BCUT2D eigenvalue weighted by Crippen LogP contribution is -2.44. The zero-order valence-corrected chi connectivity index (χ0v) is 27.4. The van der Waals surface area contributed by atoms with Crippen molar-refractivity contribution in [2.24, 2.45) is 5.41 Å². The molecule has 216 valence electrons. The van der Waals surface area contributed by atoms with E-state index >= 15 is 0 Å². The van der Waals surface area contributed by atoms with Crippen molar-refractivity contribution in [3.63, 3.8) is 0 Å². The van der Waals surface area contributed by atoms with Crippen molar-refractivity contribution in [3.8, 4) is 0 Å². The highest BCUT2D eigenvalue weighted by Crippen LogP contribution is 2.41. The summed E-state index contributed by atoms with van der Waals surface area (Å²) in [5.74, 6) is 0.281. The van der Waals surface area contributed by atoms with E-state index in [0.717, 1.165) is 25.7 Å². The van der Waals surface area contributed by atoms with Gasteiger partial charge in [0.2, 0.25) is 0 Å². The molecule has 10 nitrogen and oxygen atoms in total. The van der Waals surface area contributed by atoms with Crippen LogP contribution < -0.4 is 0 Å². The van der Waals surface area contributed by atoms with Crippen LogP contribution >= 0.6 is 0 Å². The summed E-state index contributed by atoms with van der Waals surface area (Å²) in [6.07, 6.45) is 5.70. The molecular formula is C23H52O10Si3. The second kappa shape index (κ2) is 18.3.